The fourth-order valence-corrected chi connectivity index (χ4v) is 2.44. The standard InChI is InChI=1S/C9H18ClNS/c1-2-12-7-3-5-11-6-4-9(10)8-11/h9H,2-8H2,1H3. The zero-order chi connectivity index (χ0) is 8.81. The van der Waals surface area contributed by atoms with E-state index in [1.165, 1.54) is 37.4 Å². The maximum Gasteiger partial charge on any atom is 0.0475 e. The summed E-state index contributed by atoms with van der Waals surface area (Å²) in [7, 11) is 0. The van der Waals surface area contributed by atoms with Crippen LogP contribution in [0, 0.1) is 0 Å². The predicted molar refractivity (Wildman–Crippen MR) is 58.3 cm³/mol. The second-order valence-corrected chi connectivity index (χ2v) is 5.25. The van der Waals surface area contributed by atoms with Crippen LogP contribution in [0.15, 0.2) is 0 Å². The summed E-state index contributed by atoms with van der Waals surface area (Å²) in [6.07, 6.45) is 2.50. The Kier molecular flexibility index (Phi) is 5.44. The molecule has 0 spiro atoms. The summed E-state index contributed by atoms with van der Waals surface area (Å²) in [4.78, 5) is 2.48. The molecule has 0 bridgehead atoms. The van der Waals surface area contributed by atoms with Gasteiger partial charge in [-0.3, -0.25) is 0 Å². The maximum absolute atomic E-state index is 6.00. The zero-order valence-electron chi connectivity index (χ0n) is 7.76. The zero-order valence-corrected chi connectivity index (χ0v) is 9.33. The number of halogens is 1. The molecule has 1 rings (SSSR count). The van der Waals surface area contributed by atoms with Crippen LogP contribution in [0.25, 0.3) is 0 Å². The van der Waals surface area contributed by atoms with Gasteiger partial charge in [-0.2, -0.15) is 11.8 Å². The molecule has 1 saturated heterocycles. The number of hydrogen-bond donors (Lipinski definition) is 0. The van der Waals surface area contributed by atoms with E-state index in [9.17, 15) is 0 Å². The average molecular weight is 208 g/mol. The summed E-state index contributed by atoms with van der Waals surface area (Å²) >= 11 is 8.03. The highest BCUT2D eigenvalue weighted by molar-refractivity contribution is 7.99. The van der Waals surface area contributed by atoms with Gasteiger partial charge in [0.2, 0.25) is 0 Å². The Morgan fingerprint density at radius 2 is 2.42 bits per heavy atom. The molecule has 0 aromatic carbocycles. The molecule has 72 valence electrons. The third-order valence-electron chi connectivity index (χ3n) is 2.18. The molecular weight excluding hydrogens is 190 g/mol. The first-order valence-corrected chi connectivity index (χ1v) is 6.36. The number of rotatable bonds is 5. The van der Waals surface area contributed by atoms with E-state index in [1.807, 2.05) is 11.8 Å². The summed E-state index contributed by atoms with van der Waals surface area (Å²) in [5, 5.41) is 0.420. The van der Waals surface area contributed by atoms with Gasteiger partial charge in [-0.25, -0.2) is 0 Å². The van der Waals surface area contributed by atoms with Crippen LogP contribution in [0.4, 0.5) is 0 Å². The topological polar surface area (TPSA) is 3.24 Å². The van der Waals surface area contributed by atoms with Gasteiger partial charge in [0.15, 0.2) is 0 Å². The van der Waals surface area contributed by atoms with Gasteiger partial charge in [-0.15, -0.1) is 11.6 Å². The van der Waals surface area contributed by atoms with Gasteiger partial charge < -0.3 is 4.90 Å². The molecule has 1 fully saturated rings. The smallest absolute Gasteiger partial charge is 0.0475 e. The Bertz CT molecular complexity index is 121. The van der Waals surface area contributed by atoms with Gasteiger partial charge >= 0.3 is 0 Å². The molecule has 12 heavy (non-hydrogen) atoms. The number of hydrogen-bond acceptors (Lipinski definition) is 2. The monoisotopic (exact) mass is 207 g/mol. The minimum Gasteiger partial charge on any atom is -0.302 e. The van der Waals surface area contributed by atoms with E-state index in [-0.39, 0.29) is 0 Å². The molecule has 1 nitrogen and oxygen atoms in total. The number of alkyl halides is 1. The highest BCUT2D eigenvalue weighted by atomic mass is 35.5. The summed E-state index contributed by atoms with van der Waals surface area (Å²) in [5.74, 6) is 2.55. The Morgan fingerprint density at radius 3 is 3.00 bits per heavy atom. The second kappa shape index (κ2) is 6.11. The minimum atomic E-state index is 0.420. The SMILES string of the molecule is CCSCCCN1CCC(Cl)C1. The van der Waals surface area contributed by atoms with Crippen molar-refractivity contribution in [1.82, 2.24) is 4.90 Å². The molecule has 0 aliphatic carbocycles. The normalized spacial score (nSPS) is 25.0. The molecule has 0 saturated carbocycles. The lowest BCUT2D eigenvalue weighted by Gasteiger charge is -2.13. The molecule has 1 heterocycles. The van der Waals surface area contributed by atoms with Crippen LogP contribution in [-0.4, -0.2) is 41.4 Å². The van der Waals surface area contributed by atoms with E-state index in [0.29, 0.717) is 5.38 Å². The Hall–Kier alpha value is 0.600. The minimum absolute atomic E-state index is 0.420. The summed E-state index contributed by atoms with van der Waals surface area (Å²) in [5.41, 5.74) is 0. The van der Waals surface area contributed by atoms with Crippen LogP contribution in [-0.2, 0) is 0 Å². The molecule has 3 heteroatoms. The molecule has 1 unspecified atom stereocenters. The Balaban J connectivity index is 1.93. The van der Waals surface area contributed by atoms with Crippen molar-refractivity contribution in [2.24, 2.45) is 0 Å². The van der Waals surface area contributed by atoms with Crippen molar-refractivity contribution in [2.45, 2.75) is 25.1 Å². The molecule has 0 N–H and O–H groups in total. The number of nitrogens with zero attached hydrogens (tertiary/aromatic N) is 1. The molecule has 1 atom stereocenters. The molecule has 0 amide bonds. The lowest BCUT2D eigenvalue weighted by molar-refractivity contribution is 0.341. The van der Waals surface area contributed by atoms with E-state index < -0.39 is 0 Å². The fourth-order valence-electron chi connectivity index (χ4n) is 1.52. The first kappa shape index (κ1) is 10.7. The summed E-state index contributed by atoms with van der Waals surface area (Å²) in [6, 6.07) is 0. The Labute approximate surface area is 84.8 Å². The van der Waals surface area contributed by atoms with Crippen LogP contribution in [0.5, 0.6) is 0 Å². The highest BCUT2D eigenvalue weighted by Crippen LogP contribution is 2.15. The van der Waals surface area contributed by atoms with Gasteiger partial charge in [0, 0.05) is 11.9 Å². The van der Waals surface area contributed by atoms with Crippen molar-refractivity contribution < 1.29 is 0 Å². The summed E-state index contributed by atoms with van der Waals surface area (Å²) < 4.78 is 0. The van der Waals surface area contributed by atoms with E-state index >= 15 is 0 Å². The van der Waals surface area contributed by atoms with Gasteiger partial charge in [0.05, 0.1) is 0 Å². The third-order valence-corrected chi connectivity index (χ3v) is 3.52. The maximum atomic E-state index is 6.00. The molecule has 0 radical (unpaired) electrons. The molecule has 1 aliphatic heterocycles. The van der Waals surface area contributed by atoms with Gasteiger partial charge in [-0.05, 0) is 37.4 Å². The molecule has 0 aromatic heterocycles. The van der Waals surface area contributed by atoms with E-state index in [4.69, 9.17) is 11.6 Å². The molecule has 1 aliphatic rings. The van der Waals surface area contributed by atoms with E-state index in [0.717, 1.165) is 6.54 Å². The van der Waals surface area contributed by atoms with Crippen molar-refractivity contribution in [1.29, 1.82) is 0 Å². The van der Waals surface area contributed by atoms with Crippen LogP contribution in [0.1, 0.15) is 19.8 Å². The van der Waals surface area contributed by atoms with Gasteiger partial charge in [-0.1, -0.05) is 6.92 Å². The van der Waals surface area contributed by atoms with Crippen LogP contribution < -0.4 is 0 Å². The van der Waals surface area contributed by atoms with Crippen molar-refractivity contribution in [3.05, 3.63) is 0 Å². The molecule has 0 aromatic rings. The van der Waals surface area contributed by atoms with Crippen molar-refractivity contribution >= 4 is 23.4 Å². The number of thioether (sulfide) groups is 1. The van der Waals surface area contributed by atoms with Crippen LogP contribution >= 0.6 is 23.4 Å². The summed E-state index contributed by atoms with van der Waals surface area (Å²) in [6.45, 7) is 5.79. The predicted octanol–water partition coefficient (Wildman–Crippen LogP) is 2.44. The highest BCUT2D eigenvalue weighted by Gasteiger charge is 2.18. The largest absolute Gasteiger partial charge is 0.302 e. The van der Waals surface area contributed by atoms with Crippen molar-refractivity contribution in [3.63, 3.8) is 0 Å². The van der Waals surface area contributed by atoms with Crippen LogP contribution in [0.3, 0.4) is 0 Å². The van der Waals surface area contributed by atoms with E-state index in [1.54, 1.807) is 0 Å². The van der Waals surface area contributed by atoms with Crippen molar-refractivity contribution in [3.8, 4) is 0 Å². The number of likely N-dealkylation sites (tertiary alicyclic amines) is 1. The lowest BCUT2D eigenvalue weighted by atomic mass is 10.4. The first-order valence-electron chi connectivity index (χ1n) is 4.77. The first-order chi connectivity index (χ1) is 5.83. The average Bonchev–Trinajstić information content (AvgIpc) is 2.45. The van der Waals surface area contributed by atoms with E-state index in [2.05, 4.69) is 11.8 Å². The Morgan fingerprint density at radius 1 is 1.58 bits per heavy atom. The molecular formula is C9H18ClNS. The van der Waals surface area contributed by atoms with Gasteiger partial charge in [0.25, 0.3) is 0 Å². The quantitative estimate of drug-likeness (QED) is 0.504. The van der Waals surface area contributed by atoms with Crippen LogP contribution in [0.2, 0.25) is 0 Å². The third kappa shape index (κ3) is 4.01. The van der Waals surface area contributed by atoms with Gasteiger partial charge in [0.1, 0.15) is 0 Å². The van der Waals surface area contributed by atoms with Crippen molar-refractivity contribution in [2.75, 3.05) is 31.1 Å². The second-order valence-electron chi connectivity index (χ2n) is 3.24. The fraction of sp³-hybridized carbons (Fsp3) is 1.00. The lowest BCUT2D eigenvalue weighted by Crippen LogP contribution is -2.22.